The second-order valence-electron chi connectivity index (χ2n) is 8.09. The van der Waals surface area contributed by atoms with Crippen LogP contribution in [0, 0.1) is 11.8 Å². The van der Waals surface area contributed by atoms with Gasteiger partial charge in [-0.1, -0.05) is 38.5 Å². The topological polar surface area (TPSA) is 79.4 Å². The smallest absolute Gasteiger partial charge is 0.244 e. The fraction of sp³-hybridized carbons (Fsp3) is 0.700. The number of rotatable bonds is 6. The molecule has 4 unspecified atom stereocenters. The van der Waals surface area contributed by atoms with Crippen LogP contribution in [0.25, 0.3) is 0 Å². The van der Waals surface area contributed by atoms with Gasteiger partial charge in [-0.15, -0.1) is 0 Å². The van der Waals surface area contributed by atoms with Crippen molar-refractivity contribution in [3.63, 3.8) is 0 Å². The Hall–Kier alpha value is -1.12. The second-order valence-corrected chi connectivity index (χ2v) is 11.4. The van der Waals surface area contributed by atoms with Gasteiger partial charge in [0.05, 0.1) is 10.3 Å². The quantitative estimate of drug-likeness (QED) is 0.708. The van der Waals surface area contributed by atoms with E-state index in [4.69, 9.17) is 0 Å². The van der Waals surface area contributed by atoms with Gasteiger partial charge in [0.1, 0.15) is 4.90 Å². The minimum absolute atomic E-state index is 0.0199. The van der Waals surface area contributed by atoms with E-state index in [1.165, 1.54) is 28.7 Å². The lowest BCUT2D eigenvalue weighted by molar-refractivity contribution is -0.121. The predicted octanol–water partition coefficient (Wildman–Crippen LogP) is 3.29. The molecule has 1 aliphatic carbocycles. The molecule has 156 valence electrons. The number of amides is 1. The van der Waals surface area contributed by atoms with E-state index in [0.717, 1.165) is 25.7 Å². The third kappa shape index (κ3) is 4.89. The van der Waals surface area contributed by atoms with Gasteiger partial charge < -0.3 is 5.32 Å². The SMILES string of the molecule is CC(Sc1ccc(S(=O)(=O)N2CCCC2)cn1)C(=O)NC1CCCC(C)C1C. The normalized spacial score (nSPS) is 27.5. The Morgan fingerprint density at radius 3 is 2.57 bits per heavy atom. The molecule has 1 amide bonds. The van der Waals surface area contributed by atoms with Crippen molar-refractivity contribution in [1.82, 2.24) is 14.6 Å². The van der Waals surface area contributed by atoms with Gasteiger partial charge in [0.15, 0.2) is 0 Å². The zero-order valence-corrected chi connectivity index (χ0v) is 18.6. The second kappa shape index (κ2) is 9.13. The van der Waals surface area contributed by atoms with Crippen LogP contribution in [-0.4, -0.2) is 48.0 Å². The average molecular weight is 426 g/mol. The fourth-order valence-electron chi connectivity index (χ4n) is 3.99. The number of pyridine rings is 1. The maximum absolute atomic E-state index is 12.6. The van der Waals surface area contributed by atoms with Crippen LogP contribution in [0.3, 0.4) is 0 Å². The van der Waals surface area contributed by atoms with Crippen molar-refractivity contribution in [2.45, 2.75) is 74.1 Å². The number of hydrogen-bond donors (Lipinski definition) is 1. The molecular formula is C20H31N3O3S2. The Labute approximate surface area is 172 Å². The molecule has 1 aromatic rings. The summed E-state index contributed by atoms with van der Waals surface area (Å²) in [6.07, 6.45) is 6.65. The summed E-state index contributed by atoms with van der Waals surface area (Å²) in [6, 6.07) is 3.53. The molecule has 3 rings (SSSR count). The largest absolute Gasteiger partial charge is 0.352 e. The van der Waals surface area contributed by atoms with E-state index in [0.29, 0.717) is 30.0 Å². The molecule has 0 spiro atoms. The number of carbonyl (C=O) groups excluding carboxylic acids is 1. The maximum atomic E-state index is 12.6. The zero-order valence-electron chi connectivity index (χ0n) is 16.9. The number of hydrogen-bond acceptors (Lipinski definition) is 5. The monoisotopic (exact) mass is 425 g/mol. The Balaban J connectivity index is 1.58. The molecule has 1 aromatic heterocycles. The summed E-state index contributed by atoms with van der Waals surface area (Å²) in [5.74, 6) is 1.14. The average Bonchev–Trinajstić information content (AvgIpc) is 3.21. The predicted molar refractivity (Wildman–Crippen MR) is 112 cm³/mol. The van der Waals surface area contributed by atoms with Gasteiger partial charge in [-0.05, 0) is 50.2 Å². The van der Waals surface area contributed by atoms with Crippen LogP contribution in [-0.2, 0) is 14.8 Å². The molecule has 1 saturated carbocycles. The van der Waals surface area contributed by atoms with Crippen molar-refractivity contribution in [2.24, 2.45) is 11.8 Å². The Kier molecular flexibility index (Phi) is 7.04. The molecule has 0 aromatic carbocycles. The highest BCUT2D eigenvalue weighted by Crippen LogP contribution is 2.30. The molecule has 0 bridgehead atoms. The number of nitrogens with zero attached hydrogens (tertiary/aromatic N) is 2. The lowest BCUT2D eigenvalue weighted by Gasteiger charge is -2.35. The first-order valence-corrected chi connectivity index (χ1v) is 12.5. The van der Waals surface area contributed by atoms with Crippen LogP contribution in [0.2, 0.25) is 0 Å². The Bertz CT molecular complexity index is 776. The number of sulfonamides is 1. The van der Waals surface area contributed by atoms with E-state index in [1.54, 1.807) is 12.1 Å². The summed E-state index contributed by atoms with van der Waals surface area (Å²) in [5, 5.41) is 3.58. The van der Waals surface area contributed by atoms with Crippen LogP contribution >= 0.6 is 11.8 Å². The molecule has 1 N–H and O–H groups in total. The molecule has 1 saturated heterocycles. The number of nitrogens with one attached hydrogen (secondary N) is 1. The maximum Gasteiger partial charge on any atom is 0.244 e. The Morgan fingerprint density at radius 2 is 1.93 bits per heavy atom. The van der Waals surface area contributed by atoms with Crippen molar-refractivity contribution in [2.75, 3.05) is 13.1 Å². The molecule has 0 radical (unpaired) electrons. The van der Waals surface area contributed by atoms with Crippen molar-refractivity contribution in [3.8, 4) is 0 Å². The lowest BCUT2D eigenvalue weighted by atomic mass is 9.78. The molecular weight excluding hydrogens is 394 g/mol. The van der Waals surface area contributed by atoms with E-state index in [-0.39, 0.29) is 22.1 Å². The molecule has 28 heavy (non-hydrogen) atoms. The van der Waals surface area contributed by atoms with Crippen LogP contribution < -0.4 is 5.32 Å². The minimum Gasteiger partial charge on any atom is -0.352 e. The van der Waals surface area contributed by atoms with Gasteiger partial charge in [0, 0.05) is 25.3 Å². The van der Waals surface area contributed by atoms with Crippen molar-refractivity contribution in [1.29, 1.82) is 0 Å². The summed E-state index contributed by atoms with van der Waals surface area (Å²) in [4.78, 5) is 17.1. The molecule has 6 nitrogen and oxygen atoms in total. The number of carbonyl (C=O) groups is 1. The highest BCUT2D eigenvalue weighted by molar-refractivity contribution is 8.00. The van der Waals surface area contributed by atoms with Crippen molar-refractivity contribution < 1.29 is 13.2 Å². The van der Waals surface area contributed by atoms with Gasteiger partial charge in [-0.3, -0.25) is 4.79 Å². The van der Waals surface area contributed by atoms with Crippen LogP contribution in [0.5, 0.6) is 0 Å². The summed E-state index contributed by atoms with van der Waals surface area (Å²) in [5.41, 5.74) is 0. The minimum atomic E-state index is -3.45. The third-order valence-electron chi connectivity index (χ3n) is 6.11. The standard InChI is InChI=1S/C20H31N3O3S2/c1-14-7-6-8-18(15(14)2)22-20(24)16(3)27-19-10-9-17(13-21-19)28(25,26)23-11-4-5-12-23/h9-10,13-16,18H,4-8,11-12H2,1-3H3,(H,22,24). The van der Waals surface area contributed by atoms with Gasteiger partial charge in [-0.2, -0.15) is 4.31 Å². The van der Waals surface area contributed by atoms with Gasteiger partial charge >= 0.3 is 0 Å². The molecule has 1 aliphatic heterocycles. The van der Waals surface area contributed by atoms with E-state index < -0.39 is 10.0 Å². The molecule has 4 atom stereocenters. The van der Waals surface area contributed by atoms with E-state index >= 15 is 0 Å². The van der Waals surface area contributed by atoms with E-state index in [2.05, 4.69) is 24.1 Å². The van der Waals surface area contributed by atoms with E-state index in [9.17, 15) is 13.2 Å². The fourth-order valence-corrected chi connectivity index (χ4v) is 6.25. The molecule has 8 heteroatoms. The number of thioether (sulfide) groups is 1. The highest BCUT2D eigenvalue weighted by Gasteiger charge is 2.30. The molecule has 2 aliphatic rings. The van der Waals surface area contributed by atoms with Gasteiger partial charge in [0.2, 0.25) is 15.9 Å². The summed E-state index contributed by atoms with van der Waals surface area (Å²) in [6.45, 7) is 7.49. The summed E-state index contributed by atoms with van der Waals surface area (Å²) < 4.78 is 26.7. The zero-order chi connectivity index (χ0) is 20.3. The van der Waals surface area contributed by atoms with Crippen LogP contribution in [0.4, 0.5) is 0 Å². The van der Waals surface area contributed by atoms with Crippen LogP contribution in [0.15, 0.2) is 28.3 Å². The third-order valence-corrected chi connectivity index (χ3v) is 9.05. The first kappa shape index (κ1) is 21.6. The number of aromatic nitrogens is 1. The first-order valence-electron chi connectivity index (χ1n) is 10.2. The summed E-state index contributed by atoms with van der Waals surface area (Å²) >= 11 is 1.36. The van der Waals surface area contributed by atoms with Crippen molar-refractivity contribution in [3.05, 3.63) is 18.3 Å². The lowest BCUT2D eigenvalue weighted by Crippen LogP contribution is -2.46. The first-order chi connectivity index (χ1) is 13.3. The van der Waals surface area contributed by atoms with Crippen molar-refractivity contribution >= 4 is 27.7 Å². The van der Waals surface area contributed by atoms with Crippen LogP contribution in [0.1, 0.15) is 52.9 Å². The molecule has 2 heterocycles. The van der Waals surface area contributed by atoms with Gasteiger partial charge in [0.25, 0.3) is 0 Å². The Morgan fingerprint density at radius 1 is 1.21 bits per heavy atom. The van der Waals surface area contributed by atoms with Gasteiger partial charge in [-0.25, -0.2) is 13.4 Å². The highest BCUT2D eigenvalue weighted by atomic mass is 32.2. The summed E-state index contributed by atoms with van der Waals surface area (Å²) in [7, 11) is -3.45. The van der Waals surface area contributed by atoms with E-state index in [1.807, 2.05) is 6.92 Å². The molecule has 2 fully saturated rings.